The van der Waals surface area contributed by atoms with Crippen LogP contribution in [0.25, 0.3) is 22.2 Å². The Morgan fingerprint density at radius 3 is 2.90 bits per heavy atom. The first kappa shape index (κ1) is 17.9. The number of aromatic nitrogens is 6. The van der Waals surface area contributed by atoms with Gasteiger partial charge in [0, 0.05) is 0 Å². The Morgan fingerprint density at radius 2 is 2.10 bits per heavy atom. The number of anilines is 1. The predicted octanol–water partition coefficient (Wildman–Crippen LogP) is -0.107. The molecule has 1 aromatic carbocycles. The lowest BCUT2D eigenvalue weighted by molar-refractivity contribution is -0.0437. The number of nitrogens with zero attached hydrogens (tertiary/aromatic N) is 5. The first-order chi connectivity index (χ1) is 14.2. The van der Waals surface area contributed by atoms with Gasteiger partial charge in [-0.05, 0) is 12.1 Å². The number of benzene rings is 1. The third kappa shape index (κ3) is 3.00. The first-order valence-electron chi connectivity index (χ1n) is 9.20. The molecule has 0 unspecified atom stereocenters. The molecule has 11 heteroatoms. The number of imidazole rings is 2. The maximum Gasteiger partial charge on any atom is 0.167 e. The fourth-order valence-electron chi connectivity index (χ4n) is 3.59. The number of para-hydroxylation sites is 2. The van der Waals surface area contributed by atoms with Crippen molar-refractivity contribution in [2.24, 2.45) is 5.73 Å². The lowest BCUT2D eigenvalue weighted by Gasteiger charge is -2.17. The van der Waals surface area contributed by atoms with Crippen LogP contribution < -0.4 is 11.1 Å². The van der Waals surface area contributed by atoms with E-state index >= 15 is 0 Å². The van der Waals surface area contributed by atoms with Gasteiger partial charge in [-0.1, -0.05) is 12.1 Å². The molecule has 1 fully saturated rings. The van der Waals surface area contributed by atoms with Crippen molar-refractivity contribution in [3.05, 3.63) is 42.7 Å². The van der Waals surface area contributed by atoms with Crippen molar-refractivity contribution in [1.82, 2.24) is 29.5 Å². The highest BCUT2D eigenvalue weighted by Crippen LogP contribution is 2.31. The summed E-state index contributed by atoms with van der Waals surface area (Å²) in [5, 5.41) is 22.7. The van der Waals surface area contributed by atoms with Gasteiger partial charge in [-0.3, -0.25) is 4.57 Å². The summed E-state index contributed by atoms with van der Waals surface area (Å²) < 4.78 is 7.34. The van der Waals surface area contributed by atoms with E-state index < -0.39 is 24.5 Å². The first-order valence-corrected chi connectivity index (χ1v) is 9.20. The van der Waals surface area contributed by atoms with Crippen molar-refractivity contribution in [3.8, 4) is 0 Å². The van der Waals surface area contributed by atoms with Crippen LogP contribution in [0.2, 0.25) is 0 Å². The summed E-state index contributed by atoms with van der Waals surface area (Å²) in [5.74, 6) is 1.31. The molecule has 3 aromatic heterocycles. The normalized spacial score (nSPS) is 24.5. The predicted molar refractivity (Wildman–Crippen MR) is 104 cm³/mol. The minimum Gasteiger partial charge on any atom is -0.394 e. The quantitative estimate of drug-likeness (QED) is 0.310. The molecule has 0 amide bonds. The number of rotatable bonds is 5. The van der Waals surface area contributed by atoms with E-state index in [4.69, 9.17) is 10.5 Å². The number of aliphatic hydroxyl groups is 2. The van der Waals surface area contributed by atoms with E-state index in [0.717, 1.165) is 16.9 Å². The molecule has 6 N–H and O–H groups in total. The fourth-order valence-corrected chi connectivity index (χ4v) is 3.59. The smallest absolute Gasteiger partial charge is 0.167 e. The zero-order valence-corrected chi connectivity index (χ0v) is 15.3. The number of H-pyrrole nitrogens is 1. The minimum absolute atomic E-state index is 0.322. The zero-order valence-electron chi connectivity index (χ0n) is 15.3. The van der Waals surface area contributed by atoms with Crippen LogP contribution in [-0.2, 0) is 11.3 Å². The molecular weight excluding hydrogens is 376 g/mol. The van der Waals surface area contributed by atoms with E-state index in [0.29, 0.717) is 23.5 Å². The third-order valence-electron chi connectivity index (χ3n) is 5.09. The molecule has 1 saturated heterocycles. The van der Waals surface area contributed by atoms with Gasteiger partial charge in [0.05, 0.1) is 36.6 Å². The average Bonchev–Trinajstić information content (AvgIpc) is 3.42. The van der Waals surface area contributed by atoms with E-state index in [1.54, 1.807) is 10.9 Å². The number of nitrogens with one attached hydrogen (secondary N) is 2. The molecule has 0 spiro atoms. The molecule has 0 saturated carbocycles. The van der Waals surface area contributed by atoms with Crippen LogP contribution in [0, 0.1) is 0 Å². The molecule has 5 rings (SSSR count). The Kier molecular flexibility index (Phi) is 4.36. The second-order valence-electron chi connectivity index (χ2n) is 6.92. The van der Waals surface area contributed by atoms with Gasteiger partial charge in [0.1, 0.15) is 24.4 Å². The Balaban J connectivity index is 1.41. The van der Waals surface area contributed by atoms with Crippen LogP contribution in [0.3, 0.4) is 0 Å². The lowest BCUT2D eigenvalue weighted by Crippen LogP contribution is -2.39. The highest BCUT2D eigenvalue weighted by atomic mass is 16.5. The summed E-state index contributed by atoms with van der Waals surface area (Å²) in [5.41, 5.74) is 8.99. The molecule has 1 aliphatic rings. The van der Waals surface area contributed by atoms with Gasteiger partial charge in [0.15, 0.2) is 23.2 Å². The van der Waals surface area contributed by atoms with Crippen LogP contribution in [0.1, 0.15) is 12.1 Å². The van der Waals surface area contributed by atoms with Gasteiger partial charge in [-0.15, -0.1) is 0 Å². The molecule has 4 aromatic rings. The standard InChI is InChI=1S/C18H20N8O3/c19-13-15(28)11(6-27)29-18(13)26-8-23-14-16(21-7-22-17(14)26)20-5-12-24-9-3-1-2-4-10(9)25-12/h1-4,7-8,11,13,15,18,27-28H,5-6,19H2,(H,24,25)(H,20,21,22)/t11-,13-,15-,18-/m1/s1. The summed E-state index contributed by atoms with van der Waals surface area (Å²) in [7, 11) is 0. The summed E-state index contributed by atoms with van der Waals surface area (Å²) in [4.78, 5) is 20.8. The number of ether oxygens (including phenoxy) is 1. The van der Waals surface area contributed by atoms with E-state index in [1.165, 1.54) is 6.33 Å². The van der Waals surface area contributed by atoms with Crippen LogP contribution in [-0.4, -0.2) is 64.6 Å². The maximum absolute atomic E-state index is 10.1. The molecule has 150 valence electrons. The Bertz CT molecular complexity index is 1130. The summed E-state index contributed by atoms with van der Waals surface area (Å²) in [6, 6.07) is 7.08. The molecule has 1 aliphatic heterocycles. The SMILES string of the molecule is N[C@@H]1[C@H](O)[C@@H](CO)O[C@H]1n1cnc2c(NCc3nc4ccccc4[nH]3)ncnc21. The van der Waals surface area contributed by atoms with Gasteiger partial charge < -0.3 is 31.0 Å². The van der Waals surface area contributed by atoms with Crippen LogP contribution >= 0.6 is 0 Å². The largest absolute Gasteiger partial charge is 0.394 e. The minimum atomic E-state index is -0.977. The van der Waals surface area contributed by atoms with Crippen molar-refractivity contribution in [1.29, 1.82) is 0 Å². The molecule has 11 nitrogen and oxygen atoms in total. The maximum atomic E-state index is 10.1. The number of nitrogens with two attached hydrogens (primary N) is 1. The number of aromatic amines is 1. The van der Waals surface area contributed by atoms with Crippen molar-refractivity contribution >= 4 is 28.0 Å². The van der Waals surface area contributed by atoms with Crippen molar-refractivity contribution in [3.63, 3.8) is 0 Å². The molecular formula is C18H20N8O3. The molecule has 0 aliphatic carbocycles. The number of aliphatic hydroxyl groups excluding tert-OH is 2. The second kappa shape index (κ2) is 7.04. The van der Waals surface area contributed by atoms with E-state index in [1.807, 2.05) is 24.3 Å². The third-order valence-corrected chi connectivity index (χ3v) is 5.09. The second-order valence-corrected chi connectivity index (χ2v) is 6.92. The molecule has 0 radical (unpaired) electrons. The highest BCUT2D eigenvalue weighted by molar-refractivity contribution is 5.82. The summed E-state index contributed by atoms with van der Waals surface area (Å²) in [6.07, 6.45) is 0.546. The van der Waals surface area contributed by atoms with Gasteiger partial charge in [-0.25, -0.2) is 19.9 Å². The number of hydrogen-bond donors (Lipinski definition) is 5. The molecule has 4 heterocycles. The van der Waals surface area contributed by atoms with Crippen molar-refractivity contribution in [2.75, 3.05) is 11.9 Å². The highest BCUT2D eigenvalue weighted by Gasteiger charge is 2.42. The molecule has 0 bridgehead atoms. The zero-order chi connectivity index (χ0) is 20.0. The number of hydrogen-bond acceptors (Lipinski definition) is 9. The van der Waals surface area contributed by atoms with Crippen molar-refractivity contribution < 1.29 is 14.9 Å². The monoisotopic (exact) mass is 396 g/mol. The van der Waals surface area contributed by atoms with Gasteiger partial charge >= 0.3 is 0 Å². The van der Waals surface area contributed by atoms with E-state index in [-0.39, 0.29) is 6.61 Å². The lowest BCUT2D eigenvalue weighted by atomic mass is 10.1. The van der Waals surface area contributed by atoms with Gasteiger partial charge in [-0.2, -0.15) is 0 Å². The van der Waals surface area contributed by atoms with Crippen LogP contribution in [0.5, 0.6) is 0 Å². The van der Waals surface area contributed by atoms with Crippen molar-refractivity contribution in [2.45, 2.75) is 31.0 Å². The summed E-state index contributed by atoms with van der Waals surface area (Å²) in [6.45, 7) is 0.107. The fraction of sp³-hybridized carbons (Fsp3) is 0.333. The van der Waals surface area contributed by atoms with Crippen LogP contribution in [0.15, 0.2) is 36.9 Å². The Labute approximate surface area is 164 Å². The van der Waals surface area contributed by atoms with Crippen LogP contribution in [0.4, 0.5) is 5.82 Å². The summed E-state index contributed by atoms with van der Waals surface area (Å²) >= 11 is 0. The van der Waals surface area contributed by atoms with Gasteiger partial charge in [0.25, 0.3) is 0 Å². The molecule has 4 atom stereocenters. The average molecular weight is 396 g/mol. The topological polar surface area (TPSA) is 160 Å². The molecule has 29 heavy (non-hydrogen) atoms. The Morgan fingerprint density at radius 1 is 1.24 bits per heavy atom. The Hall–Kier alpha value is -3.12. The van der Waals surface area contributed by atoms with E-state index in [9.17, 15) is 10.2 Å². The number of fused-ring (bicyclic) bond motifs is 2. The van der Waals surface area contributed by atoms with E-state index in [2.05, 4.69) is 30.2 Å². The van der Waals surface area contributed by atoms with Gasteiger partial charge in [0.2, 0.25) is 0 Å².